The third-order valence-electron chi connectivity index (χ3n) is 1.93. The van der Waals surface area contributed by atoms with Gasteiger partial charge in [-0.05, 0) is 11.4 Å². The highest BCUT2D eigenvalue weighted by molar-refractivity contribution is 7.09. The van der Waals surface area contributed by atoms with Gasteiger partial charge in [-0.15, -0.1) is 11.3 Å². The van der Waals surface area contributed by atoms with Crippen LogP contribution in [-0.4, -0.2) is 20.1 Å². The summed E-state index contributed by atoms with van der Waals surface area (Å²) in [6.45, 7) is 0. The second kappa shape index (κ2) is 3.89. The van der Waals surface area contributed by atoms with Crippen LogP contribution in [0.5, 0.6) is 0 Å². The number of rotatable bonds is 3. The number of nitrogens with zero attached hydrogens (tertiary/aromatic N) is 3. The third kappa shape index (κ3) is 2.00. The molecule has 1 N–H and O–H groups in total. The highest BCUT2D eigenvalue weighted by atomic mass is 32.1. The van der Waals surface area contributed by atoms with Gasteiger partial charge in [0.2, 0.25) is 0 Å². The number of hydrogen-bond acceptors (Lipinski definition) is 4. The van der Waals surface area contributed by atoms with E-state index in [1.165, 1.54) is 4.80 Å². The van der Waals surface area contributed by atoms with Crippen LogP contribution in [0.3, 0.4) is 0 Å². The summed E-state index contributed by atoms with van der Waals surface area (Å²) in [4.78, 5) is 2.61. The Morgan fingerprint density at radius 2 is 2.50 bits per heavy atom. The Morgan fingerprint density at radius 3 is 3.07 bits per heavy atom. The Morgan fingerprint density at radius 1 is 1.64 bits per heavy atom. The second-order valence-corrected chi connectivity index (χ2v) is 4.09. The molecule has 0 fully saturated rings. The van der Waals surface area contributed by atoms with Gasteiger partial charge in [0.05, 0.1) is 6.20 Å². The van der Waals surface area contributed by atoms with Crippen LogP contribution in [0.15, 0.2) is 23.7 Å². The Hall–Kier alpha value is -1.20. The van der Waals surface area contributed by atoms with Crippen molar-refractivity contribution >= 4 is 11.3 Å². The van der Waals surface area contributed by atoms with Crippen LogP contribution < -0.4 is 0 Å². The lowest BCUT2D eigenvalue weighted by atomic mass is 10.2. The standard InChI is InChI=1S/C9H11N3OS/c1-12-10-6-8(11-12)9(13)5-7-3-2-4-14-7/h2-4,6,9,13H,5H2,1H3. The molecule has 0 spiro atoms. The van der Waals surface area contributed by atoms with Gasteiger partial charge >= 0.3 is 0 Å². The normalized spacial score (nSPS) is 13.0. The van der Waals surface area contributed by atoms with Crippen LogP contribution in [0.2, 0.25) is 0 Å². The van der Waals surface area contributed by atoms with Crippen LogP contribution in [0, 0.1) is 0 Å². The fraction of sp³-hybridized carbons (Fsp3) is 0.333. The van der Waals surface area contributed by atoms with Crippen molar-refractivity contribution < 1.29 is 5.11 Å². The molecule has 5 heteroatoms. The van der Waals surface area contributed by atoms with Crippen molar-refractivity contribution in [2.24, 2.45) is 7.05 Å². The fourth-order valence-corrected chi connectivity index (χ4v) is 1.98. The van der Waals surface area contributed by atoms with E-state index in [1.807, 2.05) is 17.5 Å². The quantitative estimate of drug-likeness (QED) is 0.825. The summed E-state index contributed by atoms with van der Waals surface area (Å²) in [5, 5.41) is 19.8. The molecule has 0 radical (unpaired) electrons. The molecule has 2 heterocycles. The number of hydrogen-bond donors (Lipinski definition) is 1. The first-order valence-corrected chi connectivity index (χ1v) is 5.20. The molecule has 0 aliphatic carbocycles. The van der Waals surface area contributed by atoms with Crippen LogP contribution >= 0.6 is 11.3 Å². The predicted molar refractivity (Wildman–Crippen MR) is 54.0 cm³/mol. The summed E-state index contributed by atoms with van der Waals surface area (Å²) in [7, 11) is 1.74. The van der Waals surface area contributed by atoms with Gasteiger partial charge in [-0.25, -0.2) is 0 Å². The van der Waals surface area contributed by atoms with Crippen molar-refractivity contribution in [2.75, 3.05) is 0 Å². The maximum Gasteiger partial charge on any atom is 0.112 e. The molecular weight excluding hydrogens is 198 g/mol. The summed E-state index contributed by atoms with van der Waals surface area (Å²) >= 11 is 1.64. The van der Waals surface area contributed by atoms with E-state index in [0.717, 1.165) is 4.88 Å². The number of aliphatic hydroxyl groups is 1. The molecule has 0 aliphatic rings. The van der Waals surface area contributed by atoms with Gasteiger partial charge in [0, 0.05) is 18.3 Å². The molecule has 1 unspecified atom stereocenters. The first kappa shape index (κ1) is 9.36. The van der Waals surface area contributed by atoms with E-state index in [-0.39, 0.29) is 0 Å². The molecule has 2 aromatic rings. The highest BCUT2D eigenvalue weighted by Gasteiger charge is 2.12. The van der Waals surface area contributed by atoms with Gasteiger partial charge < -0.3 is 5.11 Å². The summed E-state index contributed by atoms with van der Waals surface area (Å²) in [6.07, 6.45) is 1.65. The Balaban J connectivity index is 2.06. The summed E-state index contributed by atoms with van der Waals surface area (Å²) in [5.41, 5.74) is 0.626. The molecule has 0 aromatic carbocycles. The van der Waals surface area contributed by atoms with E-state index in [9.17, 15) is 5.11 Å². The minimum absolute atomic E-state index is 0.553. The third-order valence-corrected chi connectivity index (χ3v) is 2.83. The molecule has 4 nitrogen and oxygen atoms in total. The SMILES string of the molecule is Cn1ncc(C(O)Cc2cccs2)n1. The average molecular weight is 209 g/mol. The first-order valence-electron chi connectivity index (χ1n) is 4.32. The molecule has 2 rings (SSSR count). The number of aliphatic hydroxyl groups excluding tert-OH is 1. The fourth-order valence-electron chi connectivity index (χ4n) is 1.24. The lowest BCUT2D eigenvalue weighted by Gasteiger charge is -2.04. The average Bonchev–Trinajstić information content (AvgIpc) is 2.75. The molecule has 0 bridgehead atoms. The summed E-state index contributed by atoms with van der Waals surface area (Å²) in [5.74, 6) is 0. The van der Waals surface area contributed by atoms with Gasteiger partial charge in [0.15, 0.2) is 0 Å². The van der Waals surface area contributed by atoms with Crippen LogP contribution in [0.1, 0.15) is 16.7 Å². The molecule has 74 valence electrons. The van der Waals surface area contributed by atoms with E-state index in [4.69, 9.17) is 0 Å². The molecule has 14 heavy (non-hydrogen) atoms. The summed E-state index contributed by atoms with van der Waals surface area (Å²) < 4.78 is 0. The zero-order valence-electron chi connectivity index (χ0n) is 7.79. The number of aromatic nitrogens is 3. The van der Waals surface area contributed by atoms with Crippen molar-refractivity contribution in [3.05, 3.63) is 34.3 Å². The van der Waals surface area contributed by atoms with Crippen molar-refractivity contribution in [2.45, 2.75) is 12.5 Å². The van der Waals surface area contributed by atoms with Crippen LogP contribution in [-0.2, 0) is 13.5 Å². The molecule has 0 saturated heterocycles. The summed E-state index contributed by atoms with van der Waals surface area (Å²) in [6, 6.07) is 3.98. The van der Waals surface area contributed by atoms with Gasteiger partial charge in [-0.3, -0.25) is 0 Å². The second-order valence-electron chi connectivity index (χ2n) is 3.06. The van der Waals surface area contributed by atoms with Crippen molar-refractivity contribution in [3.63, 3.8) is 0 Å². The maximum absolute atomic E-state index is 9.80. The number of aryl methyl sites for hydroxylation is 1. The van der Waals surface area contributed by atoms with E-state index in [1.54, 1.807) is 24.6 Å². The predicted octanol–water partition coefficient (Wildman–Crippen LogP) is 1.15. The zero-order valence-corrected chi connectivity index (χ0v) is 8.61. The maximum atomic E-state index is 9.80. The minimum atomic E-state index is -0.553. The molecule has 0 amide bonds. The topological polar surface area (TPSA) is 50.9 Å². The lowest BCUT2D eigenvalue weighted by Crippen LogP contribution is -2.02. The molecule has 2 aromatic heterocycles. The van der Waals surface area contributed by atoms with Crippen molar-refractivity contribution in [3.8, 4) is 0 Å². The molecule has 0 saturated carbocycles. The molecule has 1 atom stereocenters. The van der Waals surface area contributed by atoms with E-state index < -0.39 is 6.10 Å². The van der Waals surface area contributed by atoms with E-state index in [2.05, 4.69) is 10.2 Å². The lowest BCUT2D eigenvalue weighted by molar-refractivity contribution is 0.173. The largest absolute Gasteiger partial charge is 0.386 e. The Bertz CT molecular complexity index is 396. The monoisotopic (exact) mass is 209 g/mol. The zero-order chi connectivity index (χ0) is 9.97. The van der Waals surface area contributed by atoms with Gasteiger partial charge in [0.1, 0.15) is 11.8 Å². The van der Waals surface area contributed by atoms with Crippen molar-refractivity contribution in [1.82, 2.24) is 15.0 Å². The van der Waals surface area contributed by atoms with Crippen LogP contribution in [0.25, 0.3) is 0 Å². The van der Waals surface area contributed by atoms with E-state index >= 15 is 0 Å². The first-order chi connectivity index (χ1) is 6.75. The highest BCUT2D eigenvalue weighted by Crippen LogP contribution is 2.18. The molecule has 0 aliphatic heterocycles. The van der Waals surface area contributed by atoms with Crippen molar-refractivity contribution in [1.29, 1.82) is 0 Å². The van der Waals surface area contributed by atoms with Gasteiger partial charge in [0.25, 0.3) is 0 Å². The van der Waals surface area contributed by atoms with Crippen LogP contribution in [0.4, 0.5) is 0 Å². The minimum Gasteiger partial charge on any atom is -0.386 e. The van der Waals surface area contributed by atoms with Gasteiger partial charge in [-0.1, -0.05) is 6.07 Å². The molecular formula is C9H11N3OS. The number of thiophene rings is 1. The Labute approximate surface area is 85.8 Å². The van der Waals surface area contributed by atoms with E-state index in [0.29, 0.717) is 12.1 Å². The Kier molecular flexibility index (Phi) is 2.60. The smallest absolute Gasteiger partial charge is 0.112 e. The van der Waals surface area contributed by atoms with Gasteiger partial charge in [-0.2, -0.15) is 15.0 Å².